The third kappa shape index (κ3) is 9.50. The molecule has 2 unspecified atom stereocenters. The van der Waals surface area contributed by atoms with E-state index in [4.69, 9.17) is 21.1 Å². The lowest BCUT2D eigenvalue weighted by Gasteiger charge is -2.19. The number of hydrogen-bond acceptors (Lipinski definition) is 7. The van der Waals surface area contributed by atoms with Crippen molar-refractivity contribution in [1.82, 2.24) is 16.0 Å². The first-order chi connectivity index (χ1) is 11.6. The van der Waals surface area contributed by atoms with Gasteiger partial charge in [0.1, 0.15) is 12.1 Å². The predicted molar refractivity (Wildman–Crippen MR) is 78.1 cm³/mol. The van der Waals surface area contributed by atoms with Crippen LogP contribution >= 0.6 is 0 Å². The zero-order valence-corrected chi connectivity index (χ0v) is 12.9. The van der Waals surface area contributed by atoms with Crippen molar-refractivity contribution in [3.63, 3.8) is 0 Å². The normalized spacial score (nSPS) is 12.4. The van der Waals surface area contributed by atoms with Gasteiger partial charge in [0.2, 0.25) is 17.7 Å². The average Bonchev–Trinajstić information content (AvgIpc) is 2.50. The molecular weight excluding hydrogens is 344 g/mol. The molecule has 0 aliphatic heterocycles. The second-order valence-corrected chi connectivity index (χ2v) is 4.70. The second-order valence-electron chi connectivity index (χ2n) is 4.70. The maximum absolute atomic E-state index is 12.0. The van der Waals surface area contributed by atoms with Gasteiger partial charge in [-0.15, -0.1) is 0 Å². The maximum Gasteiger partial charge on any atom is 0.326 e. The highest BCUT2D eigenvalue weighted by molar-refractivity contribution is 5.94. The number of rotatable bonds is 11. The van der Waals surface area contributed by atoms with E-state index in [0.717, 1.165) is 0 Å². The number of aliphatic carboxylic acids is 3. The lowest BCUT2D eigenvalue weighted by Crippen LogP contribution is -2.54. The fraction of sp³-hybridized carbons (Fsp3) is 0.500. The molecule has 140 valence electrons. The van der Waals surface area contributed by atoms with Gasteiger partial charge in [0.15, 0.2) is 0 Å². The molecule has 0 heterocycles. The van der Waals surface area contributed by atoms with Crippen molar-refractivity contribution in [3.05, 3.63) is 0 Å². The van der Waals surface area contributed by atoms with E-state index < -0.39 is 67.1 Å². The van der Waals surface area contributed by atoms with Crippen molar-refractivity contribution in [2.24, 2.45) is 5.73 Å². The Morgan fingerprint density at radius 1 is 0.800 bits per heavy atom. The number of carboxylic acid groups (broad SMARTS) is 3. The second kappa shape index (κ2) is 10.5. The lowest BCUT2D eigenvalue weighted by molar-refractivity contribution is -0.148. The first-order valence-corrected chi connectivity index (χ1v) is 6.79. The Labute approximate surface area is 140 Å². The third-order valence-corrected chi connectivity index (χ3v) is 2.66. The fourth-order valence-corrected chi connectivity index (χ4v) is 1.53. The van der Waals surface area contributed by atoms with E-state index in [1.54, 1.807) is 0 Å². The minimum atomic E-state index is -1.81. The molecular formula is C12H18N4O9. The zero-order chi connectivity index (χ0) is 19.6. The van der Waals surface area contributed by atoms with Crippen LogP contribution in [0.25, 0.3) is 0 Å². The molecule has 3 amide bonds. The Morgan fingerprint density at radius 2 is 1.32 bits per heavy atom. The molecule has 2 atom stereocenters. The number of nitrogens with one attached hydrogen (secondary N) is 3. The summed E-state index contributed by atoms with van der Waals surface area (Å²) < 4.78 is 0. The smallest absolute Gasteiger partial charge is 0.326 e. The van der Waals surface area contributed by atoms with Crippen LogP contribution in [0.1, 0.15) is 12.8 Å². The molecule has 0 aromatic carbocycles. The lowest BCUT2D eigenvalue weighted by atomic mass is 10.1. The van der Waals surface area contributed by atoms with E-state index in [1.807, 2.05) is 10.6 Å². The molecule has 0 fully saturated rings. The molecule has 0 aliphatic rings. The molecule has 13 nitrogen and oxygen atoms in total. The van der Waals surface area contributed by atoms with Crippen molar-refractivity contribution < 1.29 is 44.1 Å². The molecule has 0 aromatic heterocycles. The molecule has 0 aromatic rings. The average molecular weight is 362 g/mol. The van der Waals surface area contributed by atoms with Gasteiger partial charge < -0.3 is 37.0 Å². The Kier molecular flexibility index (Phi) is 9.18. The first kappa shape index (κ1) is 21.8. The van der Waals surface area contributed by atoms with Crippen LogP contribution in [0.15, 0.2) is 0 Å². The molecule has 0 aliphatic carbocycles. The molecule has 8 N–H and O–H groups in total. The summed E-state index contributed by atoms with van der Waals surface area (Å²) in [6.07, 6.45) is -1.83. The van der Waals surface area contributed by atoms with Crippen molar-refractivity contribution in [2.45, 2.75) is 24.9 Å². The highest BCUT2D eigenvalue weighted by atomic mass is 16.4. The summed E-state index contributed by atoms with van der Waals surface area (Å²) in [5.74, 6) is -7.41. The van der Waals surface area contributed by atoms with Crippen LogP contribution in [0.4, 0.5) is 0 Å². The summed E-state index contributed by atoms with van der Waals surface area (Å²) >= 11 is 0. The van der Waals surface area contributed by atoms with Gasteiger partial charge in [-0.2, -0.15) is 0 Å². The molecule has 0 rings (SSSR count). The molecule has 0 saturated heterocycles. The fourth-order valence-electron chi connectivity index (χ4n) is 1.53. The number of hydrogen-bond donors (Lipinski definition) is 7. The quantitative estimate of drug-likeness (QED) is 0.189. The van der Waals surface area contributed by atoms with Gasteiger partial charge in [-0.05, 0) is 0 Å². The largest absolute Gasteiger partial charge is 0.481 e. The number of carbonyl (C=O) groups excluding carboxylic acids is 3. The summed E-state index contributed by atoms with van der Waals surface area (Å²) in [4.78, 5) is 66.7. The van der Waals surface area contributed by atoms with Gasteiger partial charge in [-0.3, -0.25) is 24.0 Å². The zero-order valence-electron chi connectivity index (χ0n) is 12.9. The van der Waals surface area contributed by atoms with Crippen molar-refractivity contribution in [2.75, 3.05) is 13.1 Å². The van der Waals surface area contributed by atoms with Gasteiger partial charge in [-0.1, -0.05) is 0 Å². The monoisotopic (exact) mass is 362 g/mol. The summed E-state index contributed by atoms with van der Waals surface area (Å²) in [6.45, 7) is -0.973. The molecule has 25 heavy (non-hydrogen) atoms. The summed E-state index contributed by atoms with van der Waals surface area (Å²) in [7, 11) is 0. The van der Waals surface area contributed by atoms with Gasteiger partial charge in [0, 0.05) is 0 Å². The first-order valence-electron chi connectivity index (χ1n) is 6.79. The Bertz CT molecular complexity index is 563. The molecule has 0 saturated carbocycles. The van der Waals surface area contributed by atoms with Crippen molar-refractivity contribution in [1.29, 1.82) is 0 Å². The van der Waals surface area contributed by atoms with E-state index in [2.05, 4.69) is 5.32 Å². The van der Waals surface area contributed by atoms with Gasteiger partial charge in [-0.25, -0.2) is 4.79 Å². The van der Waals surface area contributed by atoms with Crippen LogP contribution in [0, 0.1) is 0 Å². The van der Waals surface area contributed by atoms with E-state index in [1.165, 1.54) is 0 Å². The molecule has 0 bridgehead atoms. The van der Waals surface area contributed by atoms with Crippen molar-refractivity contribution in [3.8, 4) is 0 Å². The van der Waals surface area contributed by atoms with E-state index in [0.29, 0.717) is 0 Å². The minimum Gasteiger partial charge on any atom is -0.481 e. The van der Waals surface area contributed by atoms with Gasteiger partial charge in [0.25, 0.3) is 0 Å². The third-order valence-electron chi connectivity index (χ3n) is 2.66. The van der Waals surface area contributed by atoms with Crippen LogP contribution < -0.4 is 21.7 Å². The van der Waals surface area contributed by atoms with E-state index >= 15 is 0 Å². The molecule has 13 heteroatoms. The SMILES string of the molecule is NCC(=O)NCC(=O)NC(CC(=O)O)C(=O)NC(CC(=O)O)C(=O)O. The van der Waals surface area contributed by atoms with E-state index in [9.17, 15) is 28.8 Å². The Hall–Kier alpha value is -3.22. The standard InChI is InChI=1S/C12H18N4O9/c13-3-7(17)14-4-8(18)15-5(1-9(19)20)11(23)16-6(12(24)25)2-10(21)22/h5-6H,1-4,13H2,(H,14,17)(H,15,18)(H,16,23)(H,19,20)(H,21,22)(H,24,25). The Balaban J connectivity index is 4.93. The minimum absolute atomic E-state index is 0.387. The summed E-state index contributed by atoms with van der Waals surface area (Å²) in [6, 6.07) is -3.48. The van der Waals surface area contributed by atoms with Crippen LogP contribution in [0.3, 0.4) is 0 Å². The maximum atomic E-state index is 12.0. The number of nitrogens with two attached hydrogens (primary N) is 1. The van der Waals surface area contributed by atoms with Crippen molar-refractivity contribution >= 4 is 35.6 Å². The molecule has 0 spiro atoms. The number of carboxylic acids is 3. The van der Waals surface area contributed by atoms with Crippen LogP contribution in [-0.2, 0) is 28.8 Å². The highest BCUT2D eigenvalue weighted by Gasteiger charge is 2.29. The summed E-state index contributed by atoms with van der Waals surface area (Å²) in [5.41, 5.74) is 5.01. The predicted octanol–water partition coefficient (Wildman–Crippen LogP) is -3.94. The van der Waals surface area contributed by atoms with Gasteiger partial charge >= 0.3 is 17.9 Å². The topological polar surface area (TPSA) is 225 Å². The van der Waals surface area contributed by atoms with Crippen LogP contribution in [-0.4, -0.2) is 76.1 Å². The summed E-state index contributed by atoms with van der Waals surface area (Å²) in [5, 5.41) is 32.1. The number of amides is 3. The number of carbonyl (C=O) groups is 6. The highest BCUT2D eigenvalue weighted by Crippen LogP contribution is 1.98. The van der Waals surface area contributed by atoms with E-state index in [-0.39, 0.29) is 6.54 Å². The van der Waals surface area contributed by atoms with Crippen LogP contribution in [0.5, 0.6) is 0 Å². The van der Waals surface area contributed by atoms with Crippen LogP contribution in [0.2, 0.25) is 0 Å². The Morgan fingerprint density at radius 3 is 1.76 bits per heavy atom. The van der Waals surface area contributed by atoms with Gasteiger partial charge in [0.05, 0.1) is 25.9 Å². The molecule has 0 radical (unpaired) electrons.